The number of phenols is 1. The van der Waals surface area contributed by atoms with E-state index in [-0.39, 0.29) is 5.75 Å². The molecule has 0 bridgehead atoms. The van der Waals surface area contributed by atoms with E-state index in [0.29, 0.717) is 11.4 Å². The molecule has 0 aliphatic heterocycles. The maximum atomic E-state index is 9.61. The fourth-order valence-electron chi connectivity index (χ4n) is 1.36. The number of nitrogens with zero attached hydrogens (tertiary/aromatic N) is 1. The maximum absolute atomic E-state index is 9.61. The number of anilines is 1. The van der Waals surface area contributed by atoms with Gasteiger partial charge in [0.25, 0.3) is 0 Å². The highest BCUT2D eigenvalue weighted by molar-refractivity contribution is 5.72. The van der Waals surface area contributed by atoms with E-state index in [0.717, 1.165) is 11.3 Å². The summed E-state index contributed by atoms with van der Waals surface area (Å²) in [6.07, 6.45) is 0. The Bertz CT molecular complexity index is 462. The lowest BCUT2D eigenvalue weighted by atomic mass is 10.1. The summed E-state index contributed by atoms with van der Waals surface area (Å²) >= 11 is 0. The monoisotopic (exact) mass is 189 g/mol. The second-order valence-corrected chi connectivity index (χ2v) is 3.13. The Morgan fingerprint density at radius 3 is 2.64 bits per heavy atom. The lowest BCUT2D eigenvalue weighted by Crippen LogP contribution is -1.86. The van der Waals surface area contributed by atoms with Crippen molar-refractivity contribution in [3.63, 3.8) is 0 Å². The summed E-state index contributed by atoms with van der Waals surface area (Å²) < 4.78 is 0. The highest BCUT2D eigenvalue weighted by Gasteiger charge is 2.10. The molecule has 0 aliphatic rings. The highest BCUT2D eigenvalue weighted by atomic mass is 16.3. The fourth-order valence-corrected chi connectivity index (χ4v) is 1.36. The van der Waals surface area contributed by atoms with Gasteiger partial charge < -0.3 is 10.8 Å². The van der Waals surface area contributed by atoms with Gasteiger partial charge in [0.2, 0.25) is 0 Å². The predicted molar refractivity (Wildman–Crippen MR) is 54.8 cm³/mol. The maximum Gasteiger partial charge on any atom is 0.148 e. The summed E-state index contributed by atoms with van der Waals surface area (Å²) in [5.41, 5.74) is 7.94. The number of para-hydroxylation sites is 1. The molecule has 0 saturated carbocycles. The first-order chi connectivity index (χ1) is 6.70. The van der Waals surface area contributed by atoms with Gasteiger partial charge in [-0.3, -0.25) is 5.10 Å². The average Bonchev–Trinajstić information content (AvgIpc) is 2.49. The third-order valence-corrected chi connectivity index (χ3v) is 2.22. The van der Waals surface area contributed by atoms with Crippen LogP contribution in [0.4, 0.5) is 5.82 Å². The standard InChI is InChI=1S/C10H11N3O/c1-6-9(12-13-10(6)11)7-4-2-3-5-8(7)14/h2-5,14H,1H3,(H3,11,12,13). The van der Waals surface area contributed by atoms with Crippen LogP contribution in [0.5, 0.6) is 5.75 Å². The van der Waals surface area contributed by atoms with Crippen molar-refractivity contribution in [2.24, 2.45) is 0 Å². The van der Waals surface area contributed by atoms with Crippen LogP contribution >= 0.6 is 0 Å². The van der Waals surface area contributed by atoms with Crippen LogP contribution in [-0.2, 0) is 0 Å². The Hall–Kier alpha value is -1.97. The van der Waals surface area contributed by atoms with Crippen LogP contribution in [-0.4, -0.2) is 15.3 Å². The minimum atomic E-state index is 0.222. The highest BCUT2D eigenvalue weighted by Crippen LogP contribution is 2.30. The number of nitrogen functional groups attached to an aromatic ring is 1. The zero-order valence-corrected chi connectivity index (χ0v) is 7.78. The molecule has 72 valence electrons. The van der Waals surface area contributed by atoms with Gasteiger partial charge in [-0.2, -0.15) is 5.10 Å². The number of phenolic OH excluding ortho intramolecular Hbond substituents is 1. The Labute approximate surface area is 81.4 Å². The van der Waals surface area contributed by atoms with Crippen molar-refractivity contribution < 1.29 is 5.11 Å². The van der Waals surface area contributed by atoms with Gasteiger partial charge in [-0.25, -0.2) is 0 Å². The van der Waals surface area contributed by atoms with Crippen molar-refractivity contribution in [1.29, 1.82) is 0 Å². The Morgan fingerprint density at radius 1 is 1.36 bits per heavy atom. The number of benzene rings is 1. The molecule has 1 aromatic heterocycles. The van der Waals surface area contributed by atoms with Crippen molar-refractivity contribution in [3.05, 3.63) is 29.8 Å². The molecule has 4 heteroatoms. The van der Waals surface area contributed by atoms with Crippen molar-refractivity contribution >= 4 is 5.82 Å². The lowest BCUT2D eigenvalue weighted by molar-refractivity contribution is 0.477. The molecule has 0 unspecified atom stereocenters. The van der Waals surface area contributed by atoms with E-state index in [2.05, 4.69) is 10.2 Å². The van der Waals surface area contributed by atoms with E-state index in [1.165, 1.54) is 0 Å². The number of H-pyrrole nitrogens is 1. The molecular weight excluding hydrogens is 178 g/mol. The molecule has 1 heterocycles. The molecule has 0 fully saturated rings. The van der Waals surface area contributed by atoms with E-state index in [1.54, 1.807) is 12.1 Å². The first-order valence-electron chi connectivity index (χ1n) is 4.29. The second-order valence-electron chi connectivity index (χ2n) is 3.13. The molecule has 0 radical (unpaired) electrons. The van der Waals surface area contributed by atoms with Crippen LogP contribution in [0.1, 0.15) is 5.56 Å². The van der Waals surface area contributed by atoms with Crippen LogP contribution < -0.4 is 5.73 Å². The summed E-state index contributed by atoms with van der Waals surface area (Å²) in [4.78, 5) is 0. The van der Waals surface area contributed by atoms with Crippen LogP contribution in [0.3, 0.4) is 0 Å². The number of aromatic nitrogens is 2. The van der Waals surface area contributed by atoms with Gasteiger partial charge in [0.15, 0.2) is 0 Å². The number of hydrogen-bond acceptors (Lipinski definition) is 3. The van der Waals surface area contributed by atoms with Crippen molar-refractivity contribution in [2.75, 3.05) is 5.73 Å². The number of nitrogens with one attached hydrogen (secondary N) is 1. The Balaban J connectivity index is 2.60. The van der Waals surface area contributed by atoms with Crippen LogP contribution in [0, 0.1) is 6.92 Å². The summed E-state index contributed by atoms with van der Waals surface area (Å²) in [5.74, 6) is 0.683. The molecule has 1 aromatic carbocycles. The van der Waals surface area contributed by atoms with E-state index in [9.17, 15) is 5.11 Å². The molecule has 4 N–H and O–H groups in total. The normalized spacial score (nSPS) is 10.4. The number of aromatic hydroxyl groups is 1. The molecule has 0 saturated heterocycles. The Kier molecular flexibility index (Phi) is 1.89. The van der Waals surface area contributed by atoms with Crippen molar-refractivity contribution in [1.82, 2.24) is 10.2 Å². The molecule has 0 aliphatic carbocycles. The summed E-state index contributed by atoms with van der Waals surface area (Å²) in [5, 5.41) is 16.3. The van der Waals surface area contributed by atoms with Gasteiger partial charge in [0.1, 0.15) is 11.6 Å². The van der Waals surface area contributed by atoms with Crippen molar-refractivity contribution in [3.8, 4) is 17.0 Å². The largest absolute Gasteiger partial charge is 0.507 e. The minimum absolute atomic E-state index is 0.222. The molecule has 2 rings (SSSR count). The summed E-state index contributed by atoms with van der Waals surface area (Å²) in [6.45, 7) is 1.86. The number of nitrogens with two attached hydrogens (primary N) is 1. The topological polar surface area (TPSA) is 74.9 Å². The zero-order chi connectivity index (χ0) is 10.1. The van der Waals surface area contributed by atoms with Crippen LogP contribution in [0.15, 0.2) is 24.3 Å². The van der Waals surface area contributed by atoms with E-state index < -0.39 is 0 Å². The zero-order valence-electron chi connectivity index (χ0n) is 7.78. The smallest absolute Gasteiger partial charge is 0.148 e. The SMILES string of the molecule is Cc1c(N)n[nH]c1-c1ccccc1O. The van der Waals surface area contributed by atoms with Crippen LogP contribution in [0.25, 0.3) is 11.3 Å². The van der Waals surface area contributed by atoms with Gasteiger partial charge in [-0.15, -0.1) is 0 Å². The lowest BCUT2D eigenvalue weighted by Gasteiger charge is -2.01. The molecule has 0 atom stereocenters. The van der Waals surface area contributed by atoms with Gasteiger partial charge in [0.05, 0.1) is 5.69 Å². The van der Waals surface area contributed by atoms with Gasteiger partial charge in [-0.1, -0.05) is 12.1 Å². The molecule has 14 heavy (non-hydrogen) atoms. The summed E-state index contributed by atoms with van der Waals surface area (Å²) in [6, 6.07) is 7.07. The minimum Gasteiger partial charge on any atom is -0.507 e. The second kappa shape index (κ2) is 3.06. The van der Waals surface area contributed by atoms with Gasteiger partial charge in [-0.05, 0) is 19.1 Å². The van der Waals surface area contributed by atoms with E-state index >= 15 is 0 Å². The summed E-state index contributed by atoms with van der Waals surface area (Å²) in [7, 11) is 0. The van der Waals surface area contributed by atoms with Gasteiger partial charge in [0, 0.05) is 11.1 Å². The molecule has 2 aromatic rings. The Morgan fingerprint density at radius 2 is 2.07 bits per heavy atom. The third kappa shape index (κ3) is 1.21. The molecule has 0 spiro atoms. The molecule has 0 amide bonds. The predicted octanol–water partition coefficient (Wildman–Crippen LogP) is 1.67. The molecule has 4 nitrogen and oxygen atoms in total. The quantitative estimate of drug-likeness (QED) is 0.638. The number of hydrogen-bond donors (Lipinski definition) is 3. The van der Waals surface area contributed by atoms with Gasteiger partial charge >= 0.3 is 0 Å². The first-order valence-corrected chi connectivity index (χ1v) is 4.29. The van der Waals surface area contributed by atoms with Crippen molar-refractivity contribution in [2.45, 2.75) is 6.92 Å². The van der Waals surface area contributed by atoms with E-state index in [1.807, 2.05) is 19.1 Å². The van der Waals surface area contributed by atoms with E-state index in [4.69, 9.17) is 5.73 Å². The number of aromatic amines is 1. The number of rotatable bonds is 1. The first kappa shape index (κ1) is 8.62. The average molecular weight is 189 g/mol. The molecular formula is C10H11N3O. The fraction of sp³-hybridized carbons (Fsp3) is 0.100. The third-order valence-electron chi connectivity index (χ3n) is 2.22. The van der Waals surface area contributed by atoms with Crippen LogP contribution in [0.2, 0.25) is 0 Å².